The van der Waals surface area contributed by atoms with Gasteiger partial charge in [0.05, 0.1) is 18.2 Å². The third-order valence-corrected chi connectivity index (χ3v) is 3.32. The minimum absolute atomic E-state index is 0.0229. The number of carbonyl (C=O) groups excluding carboxylic acids is 1. The average molecular weight is 283 g/mol. The number of aromatic nitrogens is 2. The van der Waals surface area contributed by atoms with Crippen LogP contribution in [0.25, 0.3) is 4.96 Å². The predicted molar refractivity (Wildman–Crippen MR) is 68.0 cm³/mol. The van der Waals surface area contributed by atoms with E-state index in [1.54, 1.807) is 10.6 Å². The van der Waals surface area contributed by atoms with Gasteiger partial charge in [0.15, 0.2) is 11.0 Å². The highest BCUT2D eigenvalue weighted by Gasteiger charge is 2.25. The standard InChI is InChI=1S/C11H13N3O4S/c1-6(15)9(10(17)18)13-8(16)4-7-5-14-2-3-19-11(14)12-7/h2-3,5-6,9,15H,4H2,1H3,(H,13,16)(H,17,18). The van der Waals surface area contributed by atoms with E-state index >= 15 is 0 Å². The normalized spacial score (nSPS) is 14.2. The molecule has 0 aromatic carbocycles. The highest BCUT2D eigenvalue weighted by Crippen LogP contribution is 2.11. The quantitative estimate of drug-likeness (QED) is 0.710. The third-order valence-electron chi connectivity index (χ3n) is 2.55. The molecule has 2 heterocycles. The molecule has 0 saturated carbocycles. The fourth-order valence-corrected chi connectivity index (χ4v) is 2.36. The topological polar surface area (TPSA) is 104 Å². The van der Waals surface area contributed by atoms with Crippen LogP contribution >= 0.6 is 11.3 Å². The van der Waals surface area contributed by atoms with Crippen LogP contribution in [0.5, 0.6) is 0 Å². The van der Waals surface area contributed by atoms with Gasteiger partial charge in [-0.25, -0.2) is 9.78 Å². The van der Waals surface area contributed by atoms with Crippen molar-refractivity contribution in [2.45, 2.75) is 25.5 Å². The van der Waals surface area contributed by atoms with E-state index in [1.165, 1.54) is 18.3 Å². The van der Waals surface area contributed by atoms with Crippen LogP contribution in [0.2, 0.25) is 0 Å². The second kappa shape index (κ2) is 5.37. The summed E-state index contributed by atoms with van der Waals surface area (Å²) in [6.45, 7) is 1.31. The Morgan fingerprint density at radius 2 is 2.32 bits per heavy atom. The van der Waals surface area contributed by atoms with Crippen LogP contribution in [-0.4, -0.2) is 43.6 Å². The second-order valence-corrected chi connectivity index (χ2v) is 5.00. The SMILES string of the molecule is CC(O)C(NC(=O)Cc1cn2ccsc2n1)C(=O)O. The van der Waals surface area contributed by atoms with E-state index in [-0.39, 0.29) is 6.42 Å². The van der Waals surface area contributed by atoms with Gasteiger partial charge in [0.1, 0.15) is 0 Å². The molecule has 0 aliphatic heterocycles. The van der Waals surface area contributed by atoms with Crippen molar-refractivity contribution in [2.75, 3.05) is 0 Å². The van der Waals surface area contributed by atoms with Crippen LogP contribution < -0.4 is 5.32 Å². The molecule has 0 bridgehead atoms. The zero-order valence-corrected chi connectivity index (χ0v) is 10.9. The maximum Gasteiger partial charge on any atom is 0.328 e. The van der Waals surface area contributed by atoms with Gasteiger partial charge in [0.25, 0.3) is 0 Å². The number of amides is 1. The minimum Gasteiger partial charge on any atom is -0.480 e. The molecule has 2 aromatic rings. The van der Waals surface area contributed by atoms with E-state index in [0.29, 0.717) is 5.69 Å². The Morgan fingerprint density at radius 1 is 1.58 bits per heavy atom. The number of hydrogen-bond donors (Lipinski definition) is 3. The number of fused-ring (bicyclic) bond motifs is 1. The molecule has 0 saturated heterocycles. The van der Waals surface area contributed by atoms with E-state index in [0.717, 1.165) is 4.96 Å². The highest BCUT2D eigenvalue weighted by molar-refractivity contribution is 7.15. The molecule has 0 fully saturated rings. The smallest absolute Gasteiger partial charge is 0.328 e. The van der Waals surface area contributed by atoms with Crippen molar-refractivity contribution in [1.82, 2.24) is 14.7 Å². The monoisotopic (exact) mass is 283 g/mol. The number of nitrogens with zero attached hydrogens (tertiary/aromatic N) is 2. The van der Waals surface area contributed by atoms with Gasteiger partial charge < -0.3 is 15.5 Å². The van der Waals surface area contributed by atoms with Crippen LogP contribution in [0, 0.1) is 0 Å². The summed E-state index contributed by atoms with van der Waals surface area (Å²) in [5.74, 6) is -1.76. The maximum absolute atomic E-state index is 11.7. The molecular formula is C11H13N3O4S. The molecular weight excluding hydrogens is 270 g/mol. The Balaban J connectivity index is 2.00. The van der Waals surface area contributed by atoms with Gasteiger partial charge in [-0.05, 0) is 6.92 Å². The van der Waals surface area contributed by atoms with Crippen LogP contribution in [0.4, 0.5) is 0 Å². The van der Waals surface area contributed by atoms with Crippen LogP contribution in [-0.2, 0) is 16.0 Å². The predicted octanol–water partition coefficient (Wildman–Crippen LogP) is -0.112. The van der Waals surface area contributed by atoms with Crippen molar-refractivity contribution in [3.63, 3.8) is 0 Å². The van der Waals surface area contributed by atoms with Crippen molar-refractivity contribution >= 4 is 28.2 Å². The lowest BCUT2D eigenvalue weighted by Gasteiger charge is -2.16. The number of thiazole rings is 1. The summed E-state index contributed by atoms with van der Waals surface area (Å²) in [7, 11) is 0. The number of nitrogens with one attached hydrogen (secondary N) is 1. The summed E-state index contributed by atoms with van der Waals surface area (Å²) < 4.78 is 1.79. The van der Waals surface area contributed by atoms with Gasteiger partial charge in [-0.2, -0.15) is 0 Å². The van der Waals surface area contributed by atoms with Crippen LogP contribution in [0.1, 0.15) is 12.6 Å². The van der Waals surface area contributed by atoms with Crippen molar-refractivity contribution in [3.05, 3.63) is 23.5 Å². The van der Waals surface area contributed by atoms with E-state index in [4.69, 9.17) is 5.11 Å². The Morgan fingerprint density at radius 3 is 2.89 bits per heavy atom. The lowest BCUT2D eigenvalue weighted by Crippen LogP contribution is -2.48. The first kappa shape index (κ1) is 13.5. The molecule has 2 atom stereocenters. The maximum atomic E-state index is 11.7. The Bertz CT molecular complexity index is 575. The van der Waals surface area contributed by atoms with E-state index in [1.807, 2.05) is 11.6 Å². The van der Waals surface area contributed by atoms with Gasteiger partial charge >= 0.3 is 5.97 Å². The van der Waals surface area contributed by atoms with Gasteiger partial charge in [0.2, 0.25) is 5.91 Å². The molecule has 1 amide bonds. The molecule has 0 radical (unpaired) electrons. The van der Waals surface area contributed by atoms with E-state index < -0.39 is 24.0 Å². The van der Waals surface area contributed by atoms with E-state index in [9.17, 15) is 14.7 Å². The molecule has 102 valence electrons. The highest BCUT2D eigenvalue weighted by atomic mass is 32.1. The number of aliphatic carboxylic acids is 1. The average Bonchev–Trinajstić information content (AvgIpc) is 2.85. The summed E-state index contributed by atoms with van der Waals surface area (Å²) >= 11 is 1.44. The first-order valence-corrected chi connectivity index (χ1v) is 6.46. The number of hydrogen-bond acceptors (Lipinski definition) is 5. The van der Waals surface area contributed by atoms with Crippen molar-refractivity contribution in [3.8, 4) is 0 Å². The molecule has 2 rings (SSSR count). The Hall–Kier alpha value is -1.93. The molecule has 3 N–H and O–H groups in total. The summed E-state index contributed by atoms with van der Waals surface area (Å²) in [5.41, 5.74) is 0.555. The molecule has 2 unspecified atom stereocenters. The number of rotatable bonds is 5. The number of aliphatic hydroxyl groups is 1. The number of carboxylic acids is 1. The number of carbonyl (C=O) groups is 2. The second-order valence-electron chi connectivity index (χ2n) is 4.13. The molecule has 19 heavy (non-hydrogen) atoms. The van der Waals surface area contributed by atoms with Crippen LogP contribution in [0.3, 0.4) is 0 Å². The van der Waals surface area contributed by atoms with Crippen LogP contribution in [0.15, 0.2) is 17.8 Å². The molecule has 0 aliphatic rings. The summed E-state index contributed by atoms with van der Waals surface area (Å²) in [6, 6.07) is -1.31. The first-order chi connectivity index (χ1) is 8.97. The molecule has 8 heteroatoms. The fourth-order valence-electron chi connectivity index (χ4n) is 1.64. The largest absolute Gasteiger partial charge is 0.480 e. The van der Waals surface area contributed by atoms with Gasteiger partial charge in [-0.15, -0.1) is 11.3 Å². The lowest BCUT2D eigenvalue weighted by atomic mass is 10.2. The Kier molecular flexibility index (Phi) is 3.82. The first-order valence-electron chi connectivity index (χ1n) is 5.58. The summed E-state index contributed by atoms with van der Waals surface area (Å²) in [5, 5.41) is 22.3. The fraction of sp³-hybridized carbons (Fsp3) is 0.364. The molecule has 2 aromatic heterocycles. The molecule has 7 nitrogen and oxygen atoms in total. The van der Waals surface area contributed by atoms with Gasteiger partial charge in [0, 0.05) is 17.8 Å². The zero-order valence-electron chi connectivity index (χ0n) is 10.1. The summed E-state index contributed by atoms with van der Waals surface area (Å²) in [6.07, 6.45) is 2.35. The lowest BCUT2D eigenvalue weighted by molar-refractivity contribution is -0.144. The van der Waals surface area contributed by atoms with Gasteiger partial charge in [-0.1, -0.05) is 0 Å². The summed E-state index contributed by atoms with van der Waals surface area (Å²) in [4.78, 5) is 27.5. The number of aliphatic hydroxyl groups excluding tert-OH is 1. The van der Waals surface area contributed by atoms with Crippen molar-refractivity contribution < 1.29 is 19.8 Å². The number of carboxylic acid groups (broad SMARTS) is 1. The van der Waals surface area contributed by atoms with Gasteiger partial charge in [-0.3, -0.25) is 9.20 Å². The zero-order chi connectivity index (χ0) is 14.0. The third kappa shape index (κ3) is 3.09. The van der Waals surface area contributed by atoms with E-state index in [2.05, 4.69) is 10.3 Å². The van der Waals surface area contributed by atoms with Crippen molar-refractivity contribution in [1.29, 1.82) is 0 Å². The Labute approximate surface area is 112 Å². The number of imidazole rings is 1. The molecule has 0 spiro atoms. The van der Waals surface area contributed by atoms with Crippen molar-refractivity contribution in [2.24, 2.45) is 0 Å². The minimum atomic E-state index is -1.31. The molecule has 0 aliphatic carbocycles.